The smallest absolute Gasteiger partial charge is 0.173 e. The summed E-state index contributed by atoms with van der Waals surface area (Å²) in [7, 11) is 0. The van der Waals surface area contributed by atoms with Gasteiger partial charge < -0.3 is 9.90 Å². The average Bonchev–Trinajstić information content (AvgIpc) is 1.88. The van der Waals surface area contributed by atoms with E-state index in [0.717, 1.165) is 6.08 Å². The van der Waals surface area contributed by atoms with E-state index in [1.807, 2.05) is 0 Å². The van der Waals surface area contributed by atoms with Gasteiger partial charge in [0, 0.05) is 6.08 Å². The summed E-state index contributed by atoms with van der Waals surface area (Å²) >= 11 is 0. The van der Waals surface area contributed by atoms with Gasteiger partial charge >= 0.3 is 0 Å². The molecule has 1 rings (SSSR count). The predicted molar refractivity (Wildman–Crippen MR) is 34.4 cm³/mol. The van der Waals surface area contributed by atoms with Crippen LogP contribution in [0.2, 0.25) is 0 Å². The van der Waals surface area contributed by atoms with Crippen LogP contribution in [0.3, 0.4) is 0 Å². The van der Waals surface area contributed by atoms with Crippen molar-refractivity contribution < 1.29 is 14.7 Å². The summed E-state index contributed by atoms with van der Waals surface area (Å²) in [6.07, 6.45) is 4.28. The molecule has 1 aliphatic rings. The minimum atomic E-state index is -0.698. The van der Waals surface area contributed by atoms with E-state index >= 15 is 0 Å². The lowest BCUT2D eigenvalue weighted by Crippen LogP contribution is -2.14. The lowest BCUT2D eigenvalue weighted by molar-refractivity contribution is -0.122. The second kappa shape index (κ2) is 2.47. The van der Waals surface area contributed by atoms with Crippen LogP contribution in [0.1, 0.15) is 0 Å². The number of aliphatic hydroxyl groups excluding tert-OH is 1. The van der Waals surface area contributed by atoms with Crippen molar-refractivity contribution >= 4 is 12.1 Å². The summed E-state index contributed by atoms with van der Waals surface area (Å²) in [6, 6.07) is 0. The first kappa shape index (κ1) is 6.74. The molecule has 1 atom stereocenters. The van der Waals surface area contributed by atoms with E-state index < -0.39 is 5.92 Å². The number of carbonyl (C=O) groups is 2. The molecule has 0 saturated carbocycles. The summed E-state index contributed by atoms with van der Waals surface area (Å²) in [5.41, 5.74) is 0. The normalized spacial score (nSPS) is 24.2. The molecular formula is C7H6O3. The summed E-state index contributed by atoms with van der Waals surface area (Å²) < 4.78 is 0. The molecule has 10 heavy (non-hydrogen) atoms. The predicted octanol–water partition coefficient (Wildman–Crippen LogP) is 0.382. The van der Waals surface area contributed by atoms with E-state index in [2.05, 4.69) is 0 Å². The summed E-state index contributed by atoms with van der Waals surface area (Å²) in [6.45, 7) is 0. The third-order valence-electron chi connectivity index (χ3n) is 1.24. The van der Waals surface area contributed by atoms with Crippen molar-refractivity contribution in [1.82, 2.24) is 0 Å². The summed E-state index contributed by atoms with van der Waals surface area (Å²) in [4.78, 5) is 20.8. The number of hydrogen-bond acceptors (Lipinski definition) is 3. The minimum Gasteiger partial charge on any atom is -0.508 e. The van der Waals surface area contributed by atoms with Crippen molar-refractivity contribution in [3.05, 3.63) is 24.0 Å². The van der Waals surface area contributed by atoms with Crippen molar-refractivity contribution in [2.24, 2.45) is 5.92 Å². The van der Waals surface area contributed by atoms with Gasteiger partial charge in [0.15, 0.2) is 5.78 Å². The van der Waals surface area contributed by atoms with Gasteiger partial charge in [0.2, 0.25) is 0 Å². The summed E-state index contributed by atoms with van der Waals surface area (Å²) in [5.74, 6) is -1.16. The van der Waals surface area contributed by atoms with Gasteiger partial charge in [-0.2, -0.15) is 0 Å². The number of aliphatic hydroxyl groups is 1. The average molecular weight is 138 g/mol. The second-order valence-electron chi connectivity index (χ2n) is 1.99. The van der Waals surface area contributed by atoms with Gasteiger partial charge in [0.1, 0.15) is 12.0 Å². The Labute approximate surface area is 57.7 Å². The van der Waals surface area contributed by atoms with Gasteiger partial charge in [-0.1, -0.05) is 6.08 Å². The molecule has 3 heteroatoms. The fourth-order valence-electron chi connectivity index (χ4n) is 0.700. The van der Waals surface area contributed by atoms with Crippen molar-refractivity contribution in [3.63, 3.8) is 0 Å². The zero-order valence-electron chi connectivity index (χ0n) is 5.15. The number of carbonyl (C=O) groups excluding carboxylic acids is 2. The molecule has 0 heterocycles. The first-order valence-electron chi connectivity index (χ1n) is 2.82. The molecule has 1 N–H and O–H groups in total. The quantitative estimate of drug-likeness (QED) is 0.421. The van der Waals surface area contributed by atoms with Crippen LogP contribution in [0, 0.1) is 5.92 Å². The number of ketones is 1. The van der Waals surface area contributed by atoms with Crippen molar-refractivity contribution in [2.45, 2.75) is 0 Å². The fraction of sp³-hybridized carbons (Fsp3) is 0.143. The van der Waals surface area contributed by atoms with E-state index in [-0.39, 0.29) is 11.5 Å². The molecule has 0 bridgehead atoms. The van der Waals surface area contributed by atoms with Gasteiger partial charge in [-0.3, -0.25) is 4.79 Å². The van der Waals surface area contributed by atoms with Crippen molar-refractivity contribution in [1.29, 1.82) is 0 Å². The Balaban J connectivity index is 2.83. The molecule has 0 amide bonds. The second-order valence-corrected chi connectivity index (χ2v) is 1.99. The zero-order chi connectivity index (χ0) is 7.56. The highest BCUT2D eigenvalue weighted by Crippen LogP contribution is 2.08. The highest BCUT2D eigenvalue weighted by atomic mass is 16.3. The maximum Gasteiger partial charge on any atom is 0.173 e. The molecule has 0 spiro atoms. The third kappa shape index (κ3) is 1.13. The molecule has 0 fully saturated rings. The van der Waals surface area contributed by atoms with Gasteiger partial charge in [-0.05, 0) is 6.08 Å². The van der Waals surface area contributed by atoms with Gasteiger partial charge in [-0.15, -0.1) is 0 Å². The van der Waals surface area contributed by atoms with Crippen LogP contribution in [0.25, 0.3) is 0 Å². The summed E-state index contributed by atoms with van der Waals surface area (Å²) in [5, 5.41) is 8.73. The standard InChI is InChI=1S/C7H6O3/c8-4-5-1-2-6(9)3-7(5)10/h1-5,9H. The molecular weight excluding hydrogens is 132 g/mol. The monoisotopic (exact) mass is 138 g/mol. The van der Waals surface area contributed by atoms with Crippen LogP contribution in [-0.2, 0) is 9.59 Å². The van der Waals surface area contributed by atoms with Crippen LogP contribution < -0.4 is 0 Å². The number of rotatable bonds is 1. The molecule has 0 radical (unpaired) electrons. The van der Waals surface area contributed by atoms with E-state index in [9.17, 15) is 9.59 Å². The number of hydrogen-bond donors (Lipinski definition) is 1. The van der Waals surface area contributed by atoms with Crippen LogP contribution in [0.4, 0.5) is 0 Å². The van der Waals surface area contributed by atoms with Gasteiger partial charge in [0.25, 0.3) is 0 Å². The molecule has 0 aromatic heterocycles. The molecule has 0 aromatic rings. The Morgan fingerprint density at radius 3 is 2.80 bits per heavy atom. The molecule has 0 aromatic carbocycles. The highest BCUT2D eigenvalue weighted by Gasteiger charge is 2.15. The Bertz CT molecular complexity index is 225. The Kier molecular flexibility index (Phi) is 1.67. The van der Waals surface area contributed by atoms with Gasteiger partial charge in [0.05, 0.1) is 5.92 Å². The fourth-order valence-corrected chi connectivity index (χ4v) is 0.700. The van der Waals surface area contributed by atoms with Crippen LogP contribution in [0.15, 0.2) is 24.0 Å². The molecule has 0 saturated heterocycles. The SMILES string of the molecule is O=CC1C=CC(O)=CC1=O. The van der Waals surface area contributed by atoms with Gasteiger partial charge in [-0.25, -0.2) is 0 Å². The maximum absolute atomic E-state index is 10.7. The zero-order valence-corrected chi connectivity index (χ0v) is 5.15. The van der Waals surface area contributed by atoms with Crippen molar-refractivity contribution in [2.75, 3.05) is 0 Å². The van der Waals surface area contributed by atoms with E-state index in [0.29, 0.717) is 6.29 Å². The van der Waals surface area contributed by atoms with Crippen LogP contribution in [0.5, 0.6) is 0 Å². The Morgan fingerprint density at radius 1 is 1.60 bits per heavy atom. The van der Waals surface area contributed by atoms with E-state index in [1.165, 1.54) is 12.2 Å². The van der Waals surface area contributed by atoms with Crippen LogP contribution >= 0.6 is 0 Å². The van der Waals surface area contributed by atoms with E-state index in [4.69, 9.17) is 5.11 Å². The van der Waals surface area contributed by atoms with Crippen molar-refractivity contribution in [3.8, 4) is 0 Å². The number of aldehydes is 1. The first-order chi connectivity index (χ1) is 4.74. The molecule has 1 unspecified atom stereocenters. The topological polar surface area (TPSA) is 54.4 Å². The largest absolute Gasteiger partial charge is 0.508 e. The lowest BCUT2D eigenvalue weighted by atomic mass is 10.0. The minimum absolute atomic E-state index is 0.0944. The first-order valence-corrected chi connectivity index (χ1v) is 2.82. The maximum atomic E-state index is 10.7. The Morgan fingerprint density at radius 2 is 2.30 bits per heavy atom. The van der Waals surface area contributed by atoms with Crippen LogP contribution in [-0.4, -0.2) is 17.2 Å². The molecule has 0 aliphatic heterocycles. The molecule has 52 valence electrons. The number of allylic oxidation sites excluding steroid dienone is 3. The lowest BCUT2D eigenvalue weighted by Gasteiger charge is -2.03. The van der Waals surface area contributed by atoms with E-state index in [1.54, 1.807) is 0 Å². The third-order valence-corrected chi connectivity index (χ3v) is 1.24. The Hall–Kier alpha value is -1.38. The molecule has 1 aliphatic carbocycles. The highest BCUT2D eigenvalue weighted by molar-refractivity contribution is 6.03. The molecule has 3 nitrogen and oxygen atoms in total.